The Labute approximate surface area is 118 Å². The maximum atomic E-state index is 13.8. The van der Waals surface area contributed by atoms with Crippen molar-refractivity contribution in [2.75, 3.05) is 13.2 Å². The minimum Gasteiger partial charge on any atom is -0.465 e. The van der Waals surface area contributed by atoms with Crippen molar-refractivity contribution in [3.63, 3.8) is 0 Å². The Morgan fingerprint density at radius 2 is 2.16 bits per heavy atom. The molecule has 0 bridgehead atoms. The van der Waals surface area contributed by atoms with Gasteiger partial charge in [-0.2, -0.15) is 0 Å². The van der Waals surface area contributed by atoms with Gasteiger partial charge in [-0.1, -0.05) is 25.4 Å². The van der Waals surface area contributed by atoms with Crippen LogP contribution >= 0.6 is 11.6 Å². The van der Waals surface area contributed by atoms with E-state index in [0.717, 1.165) is 0 Å². The van der Waals surface area contributed by atoms with Crippen LogP contribution in [-0.2, 0) is 9.53 Å². The first-order valence-electron chi connectivity index (χ1n) is 6.30. The van der Waals surface area contributed by atoms with Crippen LogP contribution in [0.4, 0.5) is 4.39 Å². The number of halogens is 2. The Bertz CT molecular complexity index is 437. The average Bonchev–Trinajstić information content (AvgIpc) is 2.33. The van der Waals surface area contributed by atoms with E-state index in [1.165, 1.54) is 18.2 Å². The highest BCUT2D eigenvalue weighted by Crippen LogP contribution is 2.22. The first-order chi connectivity index (χ1) is 8.95. The van der Waals surface area contributed by atoms with Crippen molar-refractivity contribution in [1.82, 2.24) is 5.32 Å². The molecule has 0 aliphatic carbocycles. The van der Waals surface area contributed by atoms with E-state index in [1.54, 1.807) is 6.92 Å². The van der Waals surface area contributed by atoms with Crippen LogP contribution in [-0.4, -0.2) is 19.1 Å². The molecule has 0 aromatic heterocycles. The summed E-state index contributed by atoms with van der Waals surface area (Å²) in [5, 5.41) is 3.40. The lowest BCUT2D eigenvalue weighted by atomic mass is 10.1. The molecule has 1 N–H and O–H groups in total. The Kier molecular flexibility index (Phi) is 6.25. The zero-order chi connectivity index (χ0) is 14.4. The van der Waals surface area contributed by atoms with Gasteiger partial charge < -0.3 is 10.1 Å². The van der Waals surface area contributed by atoms with Crippen molar-refractivity contribution in [2.45, 2.75) is 26.8 Å². The third kappa shape index (κ3) is 4.80. The van der Waals surface area contributed by atoms with Crippen LogP contribution in [0, 0.1) is 11.7 Å². The average molecular weight is 288 g/mol. The third-order valence-corrected chi connectivity index (χ3v) is 2.76. The number of rotatable bonds is 6. The molecule has 0 heterocycles. The molecule has 1 unspecified atom stereocenters. The van der Waals surface area contributed by atoms with Gasteiger partial charge in [-0.25, -0.2) is 9.18 Å². The fourth-order valence-electron chi connectivity index (χ4n) is 1.64. The molecule has 0 saturated carbocycles. The summed E-state index contributed by atoms with van der Waals surface area (Å²) in [7, 11) is 0. The Hall–Kier alpha value is -1.13. The monoisotopic (exact) mass is 287 g/mol. The smallest absolute Gasteiger partial charge is 0.327 e. The predicted octanol–water partition coefficient (Wildman–Crippen LogP) is 3.33. The van der Waals surface area contributed by atoms with Gasteiger partial charge in [0.1, 0.15) is 11.9 Å². The SMILES string of the molecule is CCOC(=O)C(NCC(C)C)c1cc(Cl)ccc1F. The summed E-state index contributed by atoms with van der Waals surface area (Å²) >= 11 is 5.86. The van der Waals surface area contributed by atoms with Crippen molar-refractivity contribution >= 4 is 17.6 Å². The maximum Gasteiger partial charge on any atom is 0.327 e. The molecule has 19 heavy (non-hydrogen) atoms. The van der Waals surface area contributed by atoms with Crippen LogP contribution in [0.2, 0.25) is 5.02 Å². The lowest BCUT2D eigenvalue weighted by Gasteiger charge is -2.19. The summed E-state index contributed by atoms with van der Waals surface area (Å²) in [5.41, 5.74) is 0.214. The number of carbonyl (C=O) groups excluding carboxylic acids is 1. The van der Waals surface area contributed by atoms with Gasteiger partial charge >= 0.3 is 5.97 Å². The predicted molar refractivity (Wildman–Crippen MR) is 73.6 cm³/mol. The number of benzene rings is 1. The Morgan fingerprint density at radius 1 is 1.47 bits per heavy atom. The molecular weight excluding hydrogens is 269 g/mol. The molecule has 0 radical (unpaired) electrons. The number of esters is 1. The molecule has 0 saturated heterocycles. The van der Waals surface area contributed by atoms with Gasteiger partial charge in [0.15, 0.2) is 0 Å². The molecular formula is C14H19ClFNO2. The van der Waals surface area contributed by atoms with Crippen molar-refractivity contribution < 1.29 is 13.9 Å². The van der Waals surface area contributed by atoms with Crippen molar-refractivity contribution in [3.8, 4) is 0 Å². The minimum absolute atomic E-state index is 0.214. The van der Waals surface area contributed by atoms with Crippen LogP contribution < -0.4 is 5.32 Å². The van der Waals surface area contributed by atoms with Crippen LogP contribution in [0.15, 0.2) is 18.2 Å². The molecule has 0 fully saturated rings. The second-order valence-corrected chi connectivity index (χ2v) is 5.09. The zero-order valence-electron chi connectivity index (χ0n) is 11.4. The van der Waals surface area contributed by atoms with E-state index < -0.39 is 17.8 Å². The van der Waals surface area contributed by atoms with E-state index in [4.69, 9.17) is 16.3 Å². The molecule has 1 atom stereocenters. The van der Waals surface area contributed by atoms with E-state index in [1.807, 2.05) is 13.8 Å². The lowest BCUT2D eigenvalue weighted by Crippen LogP contribution is -2.33. The summed E-state index contributed by atoms with van der Waals surface area (Å²) in [6.07, 6.45) is 0. The van der Waals surface area contributed by atoms with Gasteiger partial charge in [0.05, 0.1) is 6.61 Å². The number of carbonyl (C=O) groups is 1. The van der Waals surface area contributed by atoms with Crippen molar-refractivity contribution in [2.24, 2.45) is 5.92 Å². The highest BCUT2D eigenvalue weighted by Gasteiger charge is 2.25. The zero-order valence-corrected chi connectivity index (χ0v) is 12.1. The van der Waals surface area contributed by atoms with Crippen LogP contribution in [0.1, 0.15) is 32.4 Å². The highest BCUT2D eigenvalue weighted by atomic mass is 35.5. The summed E-state index contributed by atoms with van der Waals surface area (Å²) in [5.74, 6) is -0.637. The number of hydrogen-bond acceptors (Lipinski definition) is 3. The summed E-state index contributed by atoms with van der Waals surface area (Å²) in [6, 6.07) is 3.32. The van der Waals surface area contributed by atoms with Crippen molar-refractivity contribution in [1.29, 1.82) is 0 Å². The van der Waals surface area contributed by atoms with E-state index in [9.17, 15) is 9.18 Å². The van der Waals surface area contributed by atoms with Gasteiger partial charge in [-0.05, 0) is 37.6 Å². The molecule has 1 aromatic carbocycles. The van der Waals surface area contributed by atoms with E-state index in [2.05, 4.69) is 5.32 Å². The number of nitrogens with one attached hydrogen (secondary N) is 1. The molecule has 106 valence electrons. The van der Waals surface area contributed by atoms with Gasteiger partial charge in [0.25, 0.3) is 0 Å². The molecule has 0 aliphatic heterocycles. The van der Waals surface area contributed by atoms with E-state index in [0.29, 0.717) is 17.5 Å². The van der Waals surface area contributed by atoms with Crippen LogP contribution in [0.5, 0.6) is 0 Å². The summed E-state index contributed by atoms with van der Waals surface area (Å²) in [6.45, 7) is 6.55. The first kappa shape index (κ1) is 15.9. The van der Waals surface area contributed by atoms with Crippen molar-refractivity contribution in [3.05, 3.63) is 34.6 Å². The van der Waals surface area contributed by atoms with E-state index in [-0.39, 0.29) is 12.2 Å². The second-order valence-electron chi connectivity index (χ2n) is 4.65. The summed E-state index contributed by atoms with van der Waals surface area (Å²) in [4.78, 5) is 11.9. The molecule has 5 heteroatoms. The minimum atomic E-state index is -0.832. The third-order valence-electron chi connectivity index (χ3n) is 2.52. The second kappa shape index (κ2) is 7.46. The molecule has 0 aliphatic rings. The lowest BCUT2D eigenvalue weighted by molar-refractivity contribution is -0.146. The van der Waals surface area contributed by atoms with Gasteiger partial charge in [-0.15, -0.1) is 0 Å². The molecule has 0 spiro atoms. The first-order valence-corrected chi connectivity index (χ1v) is 6.68. The number of hydrogen-bond donors (Lipinski definition) is 1. The molecule has 3 nitrogen and oxygen atoms in total. The largest absolute Gasteiger partial charge is 0.465 e. The summed E-state index contributed by atoms with van der Waals surface area (Å²) < 4.78 is 18.8. The van der Waals surface area contributed by atoms with Gasteiger partial charge in [0.2, 0.25) is 0 Å². The van der Waals surface area contributed by atoms with Crippen LogP contribution in [0.3, 0.4) is 0 Å². The maximum absolute atomic E-state index is 13.8. The normalized spacial score (nSPS) is 12.5. The quantitative estimate of drug-likeness (QED) is 0.816. The van der Waals surface area contributed by atoms with Gasteiger partial charge in [-0.3, -0.25) is 0 Å². The fourth-order valence-corrected chi connectivity index (χ4v) is 1.82. The topological polar surface area (TPSA) is 38.3 Å². The van der Waals surface area contributed by atoms with Crippen LogP contribution in [0.25, 0.3) is 0 Å². The molecule has 0 amide bonds. The number of ether oxygens (including phenoxy) is 1. The Balaban J connectivity index is 3.00. The van der Waals surface area contributed by atoms with E-state index >= 15 is 0 Å². The molecule has 1 rings (SSSR count). The highest BCUT2D eigenvalue weighted by molar-refractivity contribution is 6.30. The molecule has 1 aromatic rings. The van der Waals surface area contributed by atoms with Gasteiger partial charge in [0, 0.05) is 10.6 Å². The Morgan fingerprint density at radius 3 is 2.74 bits per heavy atom. The fraction of sp³-hybridized carbons (Fsp3) is 0.500. The standard InChI is InChI=1S/C14H19ClFNO2/c1-4-19-14(18)13(17-8-9(2)3)11-7-10(15)5-6-12(11)16/h5-7,9,13,17H,4,8H2,1-3H3.